The van der Waals surface area contributed by atoms with Gasteiger partial charge in [-0.25, -0.2) is 4.98 Å². The molecule has 3 N–H and O–H groups in total. The van der Waals surface area contributed by atoms with E-state index >= 15 is 0 Å². The van der Waals surface area contributed by atoms with Crippen molar-refractivity contribution < 1.29 is 9.59 Å². The van der Waals surface area contributed by atoms with Crippen LogP contribution in [0, 0.1) is 12.3 Å². The van der Waals surface area contributed by atoms with Crippen LogP contribution >= 0.6 is 0 Å². The van der Waals surface area contributed by atoms with Gasteiger partial charge in [0.1, 0.15) is 11.9 Å². The Balaban J connectivity index is 1.62. The number of amides is 2. The van der Waals surface area contributed by atoms with Crippen LogP contribution in [0.2, 0.25) is 0 Å². The summed E-state index contributed by atoms with van der Waals surface area (Å²) < 4.78 is 0. The van der Waals surface area contributed by atoms with Gasteiger partial charge in [-0.2, -0.15) is 0 Å². The van der Waals surface area contributed by atoms with E-state index in [4.69, 9.17) is 6.42 Å². The molecule has 0 aliphatic carbocycles. The van der Waals surface area contributed by atoms with Gasteiger partial charge in [0.2, 0.25) is 11.8 Å². The number of aromatic amines is 1. The fourth-order valence-electron chi connectivity index (χ4n) is 3.94. The molecule has 2 amide bonds. The maximum Gasteiger partial charge on any atom is 0.239 e. The zero-order valence-electron chi connectivity index (χ0n) is 15.1. The summed E-state index contributed by atoms with van der Waals surface area (Å²) >= 11 is 0. The van der Waals surface area contributed by atoms with Crippen molar-refractivity contribution in [1.29, 1.82) is 0 Å². The van der Waals surface area contributed by atoms with Gasteiger partial charge in [-0.3, -0.25) is 19.4 Å². The predicted octanol–water partition coefficient (Wildman–Crippen LogP) is -0.688. The molecule has 2 aliphatic heterocycles. The van der Waals surface area contributed by atoms with Crippen LogP contribution in [-0.4, -0.2) is 76.4 Å². The van der Waals surface area contributed by atoms with Gasteiger partial charge in [0.05, 0.1) is 13.1 Å². The summed E-state index contributed by atoms with van der Waals surface area (Å²) in [6, 6.07) is 0.0886. The highest BCUT2D eigenvalue weighted by molar-refractivity contribution is 5.83. The maximum atomic E-state index is 12.7. The molecule has 3 heterocycles. The van der Waals surface area contributed by atoms with E-state index in [2.05, 4.69) is 43.4 Å². The lowest BCUT2D eigenvalue weighted by atomic mass is 10.0. The number of nitrogens with zero attached hydrogens (tertiary/aromatic N) is 3. The minimum absolute atomic E-state index is 0.0469. The van der Waals surface area contributed by atoms with E-state index in [0.717, 1.165) is 18.8 Å². The Morgan fingerprint density at radius 3 is 3.12 bits per heavy atom. The molecular weight excluding hydrogens is 332 g/mol. The highest BCUT2D eigenvalue weighted by Crippen LogP contribution is 2.28. The van der Waals surface area contributed by atoms with Crippen molar-refractivity contribution in [2.75, 3.05) is 26.7 Å². The number of likely N-dealkylation sites (tertiary alicyclic amines) is 1. The molecule has 140 valence electrons. The third-order valence-electron chi connectivity index (χ3n) is 5.35. The largest absolute Gasteiger partial charge is 0.353 e. The number of carbonyl (C=O) groups is 2. The van der Waals surface area contributed by atoms with Gasteiger partial charge >= 0.3 is 0 Å². The number of hydrogen-bond acceptors (Lipinski definition) is 5. The molecule has 0 saturated carbocycles. The zero-order valence-corrected chi connectivity index (χ0v) is 15.1. The Morgan fingerprint density at radius 2 is 2.38 bits per heavy atom. The van der Waals surface area contributed by atoms with E-state index in [0.29, 0.717) is 25.9 Å². The van der Waals surface area contributed by atoms with E-state index in [1.54, 1.807) is 12.4 Å². The molecule has 1 aromatic heterocycles. The topological polar surface area (TPSA) is 93.4 Å². The van der Waals surface area contributed by atoms with E-state index in [9.17, 15) is 9.59 Å². The Labute approximate surface area is 153 Å². The molecule has 1 aromatic rings. The van der Waals surface area contributed by atoms with E-state index in [1.165, 1.54) is 0 Å². The van der Waals surface area contributed by atoms with Crippen molar-refractivity contribution in [3.8, 4) is 12.3 Å². The Kier molecular flexibility index (Phi) is 5.91. The molecule has 0 bridgehead atoms. The van der Waals surface area contributed by atoms with Crippen molar-refractivity contribution in [1.82, 2.24) is 30.4 Å². The van der Waals surface area contributed by atoms with Gasteiger partial charge in [-0.05, 0) is 19.9 Å². The number of fused-ring (bicyclic) bond motifs is 1. The SMILES string of the molecule is C#CCNC(=O)CC[C@H]1CNC(=O)[C@@H]2[C@@H](CCN2Cc2ncc[nH]2)N1C. The fourth-order valence-corrected chi connectivity index (χ4v) is 3.94. The van der Waals surface area contributed by atoms with Gasteiger partial charge in [0, 0.05) is 44.0 Å². The molecular formula is C18H26N6O2. The number of rotatable bonds is 6. The van der Waals surface area contributed by atoms with Crippen LogP contribution in [0.3, 0.4) is 0 Å². The molecule has 8 nitrogen and oxygen atoms in total. The number of carbonyl (C=O) groups excluding carboxylic acids is 2. The molecule has 0 aromatic carbocycles. The number of terminal acetylenes is 1. The van der Waals surface area contributed by atoms with Crippen LogP contribution < -0.4 is 10.6 Å². The van der Waals surface area contributed by atoms with E-state index in [-0.39, 0.29) is 36.5 Å². The first-order valence-corrected chi connectivity index (χ1v) is 9.02. The monoisotopic (exact) mass is 358 g/mol. The average Bonchev–Trinajstić information content (AvgIpc) is 3.27. The predicted molar refractivity (Wildman–Crippen MR) is 96.8 cm³/mol. The molecule has 0 spiro atoms. The van der Waals surface area contributed by atoms with E-state index in [1.807, 2.05) is 0 Å². The van der Waals surface area contributed by atoms with Crippen LogP contribution in [0.4, 0.5) is 0 Å². The van der Waals surface area contributed by atoms with Crippen LogP contribution in [0.5, 0.6) is 0 Å². The minimum atomic E-state index is -0.189. The molecule has 0 unspecified atom stereocenters. The van der Waals surface area contributed by atoms with Crippen LogP contribution in [0.15, 0.2) is 12.4 Å². The Hall–Kier alpha value is -2.37. The fraction of sp³-hybridized carbons (Fsp3) is 0.611. The number of nitrogens with one attached hydrogen (secondary N) is 3. The van der Waals surface area contributed by atoms with Crippen molar-refractivity contribution >= 4 is 11.8 Å². The van der Waals surface area contributed by atoms with Gasteiger partial charge in [0.25, 0.3) is 0 Å². The second kappa shape index (κ2) is 8.34. The third-order valence-corrected chi connectivity index (χ3v) is 5.35. The normalized spacial score (nSPS) is 26.6. The smallest absolute Gasteiger partial charge is 0.239 e. The third kappa shape index (κ3) is 4.06. The summed E-state index contributed by atoms with van der Waals surface area (Å²) in [4.78, 5) is 36.3. The summed E-state index contributed by atoms with van der Waals surface area (Å²) in [5, 5.41) is 5.75. The van der Waals surface area contributed by atoms with Gasteiger partial charge in [-0.15, -0.1) is 6.42 Å². The molecule has 2 fully saturated rings. The standard InChI is InChI=1S/C18H26N6O2/c1-3-7-21-16(25)5-4-13-11-22-18(26)17-14(23(13)2)6-10-24(17)12-15-19-8-9-20-15/h1,8-9,13-14,17H,4-7,10-12H2,2H3,(H,19,20)(H,21,25)(H,22,26)/t13-,14+,17-/m0/s1. The summed E-state index contributed by atoms with van der Waals surface area (Å²) in [5.74, 6) is 3.28. The Morgan fingerprint density at radius 1 is 1.54 bits per heavy atom. The number of hydrogen-bond donors (Lipinski definition) is 3. The quantitative estimate of drug-likeness (QED) is 0.586. The zero-order chi connectivity index (χ0) is 18.5. The number of H-pyrrole nitrogens is 1. The lowest BCUT2D eigenvalue weighted by Crippen LogP contribution is -2.49. The average molecular weight is 358 g/mol. The first-order valence-electron chi connectivity index (χ1n) is 9.02. The van der Waals surface area contributed by atoms with Crippen molar-refractivity contribution in [3.05, 3.63) is 18.2 Å². The molecule has 0 radical (unpaired) electrons. The maximum absolute atomic E-state index is 12.7. The van der Waals surface area contributed by atoms with Crippen molar-refractivity contribution in [2.24, 2.45) is 0 Å². The number of imidazole rings is 1. The molecule has 3 atom stereocenters. The lowest BCUT2D eigenvalue weighted by Gasteiger charge is -2.32. The lowest BCUT2D eigenvalue weighted by molar-refractivity contribution is -0.126. The van der Waals surface area contributed by atoms with E-state index < -0.39 is 0 Å². The molecule has 26 heavy (non-hydrogen) atoms. The van der Waals surface area contributed by atoms with Crippen molar-refractivity contribution in [2.45, 2.75) is 43.9 Å². The first kappa shape index (κ1) is 18.4. The molecule has 3 rings (SSSR count). The summed E-state index contributed by atoms with van der Waals surface area (Å²) in [6.07, 6.45) is 10.7. The molecule has 8 heteroatoms. The first-order chi connectivity index (χ1) is 12.6. The molecule has 2 saturated heterocycles. The molecule has 2 aliphatic rings. The van der Waals surface area contributed by atoms with Crippen molar-refractivity contribution in [3.63, 3.8) is 0 Å². The highest BCUT2D eigenvalue weighted by Gasteiger charge is 2.45. The number of aromatic nitrogens is 2. The second-order valence-corrected chi connectivity index (χ2v) is 6.89. The minimum Gasteiger partial charge on any atom is -0.353 e. The summed E-state index contributed by atoms with van der Waals surface area (Å²) in [5.41, 5.74) is 0. The summed E-state index contributed by atoms with van der Waals surface area (Å²) in [6.45, 7) is 2.29. The van der Waals surface area contributed by atoms with Gasteiger partial charge in [0.15, 0.2) is 0 Å². The van der Waals surface area contributed by atoms with Gasteiger partial charge < -0.3 is 15.6 Å². The second-order valence-electron chi connectivity index (χ2n) is 6.89. The summed E-state index contributed by atoms with van der Waals surface area (Å²) in [7, 11) is 2.05. The van der Waals surface area contributed by atoms with Crippen LogP contribution in [-0.2, 0) is 16.1 Å². The van der Waals surface area contributed by atoms with Gasteiger partial charge in [-0.1, -0.05) is 5.92 Å². The van der Waals surface area contributed by atoms with Crippen LogP contribution in [0.25, 0.3) is 0 Å². The van der Waals surface area contributed by atoms with Crippen LogP contribution in [0.1, 0.15) is 25.1 Å². The highest BCUT2D eigenvalue weighted by atomic mass is 16.2. The number of likely N-dealkylation sites (N-methyl/N-ethyl adjacent to an activating group) is 1. The Bertz CT molecular complexity index is 668.